The molecule has 0 unspecified atom stereocenters. The standard InChI is InChI=1S/C27H24Cl2N2O2/c1-16-7-17(2)9-23(8-16)31-27(32)22(14-30)12-21-10-18(3)26(19(4)11-21)33-15-20-5-6-24(28)25(29)13-20/h5-13H,15H2,1-4H3,(H,31,32)/b22-12+. The van der Waals surface area contributed by atoms with Gasteiger partial charge in [-0.1, -0.05) is 35.3 Å². The molecule has 0 spiro atoms. The number of hydrogen-bond donors (Lipinski definition) is 1. The molecule has 0 fully saturated rings. The van der Waals surface area contributed by atoms with Crippen LogP contribution in [0.15, 0.2) is 54.1 Å². The first-order valence-corrected chi connectivity index (χ1v) is 11.1. The lowest BCUT2D eigenvalue weighted by Gasteiger charge is -2.14. The zero-order valence-electron chi connectivity index (χ0n) is 18.9. The van der Waals surface area contributed by atoms with Crippen molar-refractivity contribution < 1.29 is 9.53 Å². The minimum Gasteiger partial charge on any atom is -0.488 e. The lowest BCUT2D eigenvalue weighted by atomic mass is 10.0. The van der Waals surface area contributed by atoms with Gasteiger partial charge in [-0.15, -0.1) is 0 Å². The number of hydrogen-bond acceptors (Lipinski definition) is 3. The van der Waals surface area contributed by atoms with E-state index in [9.17, 15) is 10.1 Å². The first-order chi connectivity index (χ1) is 15.7. The van der Waals surface area contributed by atoms with E-state index in [1.165, 1.54) is 0 Å². The number of rotatable bonds is 6. The molecule has 0 aromatic heterocycles. The number of aryl methyl sites for hydroxylation is 4. The predicted molar refractivity (Wildman–Crippen MR) is 135 cm³/mol. The van der Waals surface area contributed by atoms with Crippen molar-refractivity contribution in [3.8, 4) is 11.8 Å². The van der Waals surface area contributed by atoms with Crippen molar-refractivity contribution in [3.63, 3.8) is 0 Å². The van der Waals surface area contributed by atoms with E-state index in [0.717, 1.165) is 39.1 Å². The van der Waals surface area contributed by atoms with E-state index in [2.05, 4.69) is 5.32 Å². The average Bonchev–Trinajstić information content (AvgIpc) is 2.73. The highest BCUT2D eigenvalue weighted by Crippen LogP contribution is 2.28. The molecular formula is C27H24Cl2N2O2. The lowest BCUT2D eigenvalue weighted by molar-refractivity contribution is -0.112. The summed E-state index contributed by atoms with van der Waals surface area (Å²) in [4.78, 5) is 12.7. The zero-order valence-corrected chi connectivity index (χ0v) is 20.4. The van der Waals surface area contributed by atoms with Gasteiger partial charge in [-0.25, -0.2) is 0 Å². The second-order valence-electron chi connectivity index (χ2n) is 8.02. The van der Waals surface area contributed by atoms with E-state index in [0.29, 0.717) is 22.3 Å². The molecule has 0 aliphatic carbocycles. The molecule has 0 aliphatic rings. The number of benzene rings is 3. The molecule has 0 heterocycles. The molecule has 0 bridgehead atoms. The topological polar surface area (TPSA) is 62.1 Å². The van der Waals surface area contributed by atoms with Crippen LogP contribution in [0.5, 0.6) is 5.75 Å². The summed E-state index contributed by atoms with van der Waals surface area (Å²) in [5.74, 6) is 0.300. The van der Waals surface area contributed by atoms with Crippen LogP contribution < -0.4 is 10.1 Å². The van der Waals surface area contributed by atoms with E-state index in [1.807, 2.05) is 70.2 Å². The Bertz CT molecular complexity index is 1250. The van der Waals surface area contributed by atoms with E-state index in [-0.39, 0.29) is 5.57 Å². The first kappa shape index (κ1) is 24.4. The Morgan fingerprint density at radius 2 is 1.61 bits per heavy atom. The number of nitrogens with zero attached hydrogens (tertiary/aromatic N) is 1. The van der Waals surface area contributed by atoms with Crippen molar-refractivity contribution >= 4 is 40.9 Å². The van der Waals surface area contributed by atoms with Crippen LogP contribution in [0.3, 0.4) is 0 Å². The smallest absolute Gasteiger partial charge is 0.266 e. The van der Waals surface area contributed by atoms with Crippen molar-refractivity contribution in [2.45, 2.75) is 34.3 Å². The first-order valence-electron chi connectivity index (χ1n) is 10.4. The molecule has 1 N–H and O–H groups in total. The Morgan fingerprint density at radius 1 is 0.970 bits per heavy atom. The lowest BCUT2D eigenvalue weighted by Crippen LogP contribution is -2.13. The number of nitrogens with one attached hydrogen (secondary N) is 1. The predicted octanol–water partition coefficient (Wildman–Crippen LogP) is 7.35. The Morgan fingerprint density at radius 3 is 2.18 bits per heavy atom. The van der Waals surface area contributed by atoms with Crippen molar-refractivity contribution in [2.75, 3.05) is 5.32 Å². The highest BCUT2D eigenvalue weighted by atomic mass is 35.5. The van der Waals surface area contributed by atoms with Crippen LogP contribution in [0.1, 0.15) is 33.4 Å². The molecule has 0 radical (unpaired) electrons. The number of anilines is 1. The van der Waals surface area contributed by atoms with Gasteiger partial charge in [0.2, 0.25) is 0 Å². The van der Waals surface area contributed by atoms with E-state index >= 15 is 0 Å². The molecule has 3 aromatic rings. The van der Waals surface area contributed by atoms with Gasteiger partial charge in [-0.3, -0.25) is 4.79 Å². The normalized spacial score (nSPS) is 11.1. The highest BCUT2D eigenvalue weighted by Gasteiger charge is 2.12. The van der Waals surface area contributed by atoms with Gasteiger partial charge in [0.25, 0.3) is 5.91 Å². The van der Waals surface area contributed by atoms with Crippen LogP contribution in [0.25, 0.3) is 6.08 Å². The highest BCUT2D eigenvalue weighted by molar-refractivity contribution is 6.42. The molecule has 1 amide bonds. The molecule has 0 aliphatic heterocycles. The fourth-order valence-corrected chi connectivity index (χ4v) is 3.96. The van der Waals surface area contributed by atoms with Crippen molar-refractivity contribution in [1.82, 2.24) is 0 Å². The van der Waals surface area contributed by atoms with Gasteiger partial charge < -0.3 is 10.1 Å². The molecule has 3 rings (SSSR count). The summed E-state index contributed by atoms with van der Waals surface area (Å²) >= 11 is 12.1. The van der Waals surface area contributed by atoms with Gasteiger partial charge in [0, 0.05) is 5.69 Å². The van der Waals surface area contributed by atoms with Crippen molar-refractivity contribution in [2.24, 2.45) is 0 Å². The van der Waals surface area contributed by atoms with Crippen molar-refractivity contribution in [3.05, 3.63) is 97.5 Å². The fraction of sp³-hybridized carbons (Fsp3) is 0.185. The van der Waals surface area contributed by atoms with Gasteiger partial charge in [-0.2, -0.15) is 5.26 Å². The monoisotopic (exact) mass is 478 g/mol. The van der Waals surface area contributed by atoms with Crippen LogP contribution in [0, 0.1) is 39.0 Å². The van der Waals surface area contributed by atoms with Crippen LogP contribution in [0.2, 0.25) is 10.0 Å². The largest absolute Gasteiger partial charge is 0.488 e. The summed E-state index contributed by atoms with van der Waals surface area (Å²) in [5, 5.41) is 13.4. The maximum atomic E-state index is 12.7. The summed E-state index contributed by atoms with van der Waals surface area (Å²) in [6.07, 6.45) is 1.58. The minimum atomic E-state index is -0.447. The third-order valence-electron chi connectivity index (χ3n) is 5.01. The summed E-state index contributed by atoms with van der Waals surface area (Å²) in [5.41, 5.74) is 6.21. The van der Waals surface area contributed by atoms with E-state index in [1.54, 1.807) is 18.2 Å². The summed E-state index contributed by atoms with van der Waals surface area (Å²) < 4.78 is 6.02. The Kier molecular flexibility index (Phi) is 7.81. The average molecular weight is 479 g/mol. The van der Waals surface area contributed by atoms with Crippen LogP contribution in [0.4, 0.5) is 5.69 Å². The minimum absolute atomic E-state index is 0.0254. The van der Waals surface area contributed by atoms with Gasteiger partial charge in [0.05, 0.1) is 10.0 Å². The Balaban J connectivity index is 1.78. The second kappa shape index (κ2) is 10.6. The molecule has 0 saturated carbocycles. The zero-order chi connectivity index (χ0) is 24.1. The summed E-state index contributed by atoms with van der Waals surface area (Å²) in [6.45, 7) is 8.11. The molecule has 0 atom stereocenters. The third kappa shape index (κ3) is 6.38. The molecular weight excluding hydrogens is 455 g/mol. The van der Waals surface area contributed by atoms with Gasteiger partial charge in [-0.05, 0) is 104 Å². The van der Waals surface area contributed by atoms with Gasteiger partial charge >= 0.3 is 0 Å². The number of ether oxygens (including phenoxy) is 1. The number of amides is 1. The number of nitriles is 1. The second-order valence-corrected chi connectivity index (χ2v) is 8.84. The SMILES string of the molecule is Cc1cc(C)cc(NC(=O)/C(C#N)=C/c2cc(C)c(OCc3ccc(Cl)c(Cl)c3)c(C)c2)c1. The molecule has 3 aromatic carbocycles. The van der Waals surface area contributed by atoms with Gasteiger partial charge in [0.1, 0.15) is 24.0 Å². The Labute approximate surface area is 204 Å². The molecule has 6 heteroatoms. The third-order valence-corrected chi connectivity index (χ3v) is 5.74. The van der Waals surface area contributed by atoms with Crippen LogP contribution in [-0.4, -0.2) is 5.91 Å². The van der Waals surface area contributed by atoms with E-state index in [4.69, 9.17) is 27.9 Å². The molecule has 0 saturated heterocycles. The molecule has 168 valence electrons. The van der Waals surface area contributed by atoms with E-state index < -0.39 is 5.91 Å². The van der Waals surface area contributed by atoms with Crippen molar-refractivity contribution in [1.29, 1.82) is 5.26 Å². The Hall–Kier alpha value is -3.26. The maximum Gasteiger partial charge on any atom is 0.266 e. The quantitative estimate of drug-likeness (QED) is 0.297. The van der Waals surface area contributed by atoms with Gasteiger partial charge in [0.15, 0.2) is 0 Å². The number of carbonyl (C=O) groups is 1. The number of carbonyl (C=O) groups excluding carboxylic acids is 1. The number of halogens is 2. The molecule has 33 heavy (non-hydrogen) atoms. The maximum absolute atomic E-state index is 12.7. The molecule has 4 nitrogen and oxygen atoms in total. The van der Waals surface area contributed by atoms with Crippen LogP contribution >= 0.6 is 23.2 Å². The summed E-state index contributed by atoms with van der Waals surface area (Å²) in [6, 6.07) is 16.9. The summed E-state index contributed by atoms with van der Waals surface area (Å²) in [7, 11) is 0. The fourth-order valence-electron chi connectivity index (χ4n) is 3.64. The van der Waals surface area contributed by atoms with Crippen LogP contribution in [-0.2, 0) is 11.4 Å².